The summed E-state index contributed by atoms with van der Waals surface area (Å²) in [4.78, 5) is 19.3. The highest BCUT2D eigenvalue weighted by molar-refractivity contribution is 7.14. The molecule has 12 heteroatoms. The Balaban J connectivity index is 1.49. The Morgan fingerprint density at radius 2 is 2.00 bits per heavy atom. The fourth-order valence-corrected chi connectivity index (χ4v) is 3.57. The Labute approximate surface area is 143 Å². The number of halogens is 3. The van der Waals surface area contributed by atoms with Gasteiger partial charge in [-0.15, -0.1) is 21.5 Å². The van der Waals surface area contributed by atoms with Gasteiger partial charge in [0.2, 0.25) is 11.0 Å². The number of rotatable bonds is 4. The van der Waals surface area contributed by atoms with Crippen LogP contribution < -0.4 is 10.2 Å². The molecule has 7 nitrogen and oxygen atoms in total. The number of hydrogen-bond acceptors (Lipinski definition) is 8. The second kappa shape index (κ2) is 6.99. The summed E-state index contributed by atoms with van der Waals surface area (Å²) in [5.41, 5.74) is 0.666. The van der Waals surface area contributed by atoms with Crippen molar-refractivity contribution >= 4 is 38.8 Å². The maximum atomic E-state index is 12.6. The topological polar surface area (TPSA) is 74.2 Å². The maximum Gasteiger partial charge on any atom is 0.434 e. The summed E-state index contributed by atoms with van der Waals surface area (Å²) in [6.07, 6.45) is -4.42. The zero-order chi connectivity index (χ0) is 17.2. The van der Waals surface area contributed by atoms with Crippen LogP contribution in [0.15, 0.2) is 10.9 Å². The third kappa shape index (κ3) is 4.19. The van der Waals surface area contributed by atoms with Crippen LogP contribution in [0, 0.1) is 0 Å². The van der Waals surface area contributed by atoms with Gasteiger partial charge < -0.3 is 4.90 Å². The van der Waals surface area contributed by atoms with Crippen molar-refractivity contribution in [3.8, 4) is 0 Å². The molecule has 24 heavy (non-hydrogen) atoms. The Bertz CT molecular complexity index is 681. The number of thiazole rings is 1. The molecule has 1 amide bonds. The van der Waals surface area contributed by atoms with Crippen LogP contribution in [0.1, 0.15) is 5.69 Å². The first-order chi connectivity index (χ1) is 11.4. The second-order valence-electron chi connectivity index (χ2n) is 5.07. The quantitative estimate of drug-likeness (QED) is 0.874. The van der Waals surface area contributed by atoms with E-state index in [0.29, 0.717) is 36.4 Å². The van der Waals surface area contributed by atoms with Crippen molar-refractivity contribution in [2.45, 2.75) is 6.18 Å². The smallest absolute Gasteiger partial charge is 0.346 e. The van der Waals surface area contributed by atoms with Crippen molar-refractivity contribution < 1.29 is 18.0 Å². The van der Waals surface area contributed by atoms with Crippen molar-refractivity contribution in [3.05, 3.63) is 16.6 Å². The van der Waals surface area contributed by atoms with Crippen LogP contribution >= 0.6 is 22.7 Å². The van der Waals surface area contributed by atoms with Gasteiger partial charge in [-0.2, -0.15) is 13.2 Å². The first-order valence-electron chi connectivity index (χ1n) is 6.98. The Kier molecular flexibility index (Phi) is 4.96. The number of carbonyl (C=O) groups is 1. The van der Waals surface area contributed by atoms with E-state index in [9.17, 15) is 18.0 Å². The zero-order valence-electron chi connectivity index (χ0n) is 12.3. The third-order valence-electron chi connectivity index (χ3n) is 3.40. The van der Waals surface area contributed by atoms with E-state index in [1.54, 1.807) is 4.90 Å². The molecule has 0 atom stereocenters. The SMILES string of the molecule is O=C(CN1CCN(c2nc(C(F)(F)F)cs2)CC1)Nc1nncs1. The molecule has 0 unspecified atom stereocenters. The number of nitrogens with zero attached hydrogens (tertiary/aromatic N) is 5. The highest BCUT2D eigenvalue weighted by Crippen LogP contribution is 2.33. The van der Waals surface area contributed by atoms with E-state index in [-0.39, 0.29) is 12.5 Å². The van der Waals surface area contributed by atoms with E-state index < -0.39 is 11.9 Å². The molecule has 0 bridgehead atoms. The minimum atomic E-state index is -4.42. The van der Waals surface area contributed by atoms with E-state index in [4.69, 9.17) is 0 Å². The fraction of sp³-hybridized carbons (Fsp3) is 0.500. The van der Waals surface area contributed by atoms with E-state index in [1.807, 2.05) is 4.90 Å². The molecule has 2 aromatic rings. The summed E-state index contributed by atoms with van der Waals surface area (Å²) in [5, 5.41) is 11.8. The molecule has 1 aliphatic rings. The van der Waals surface area contributed by atoms with E-state index in [0.717, 1.165) is 16.7 Å². The van der Waals surface area contributed by atoms with Crippen molar-refractivity contribution in [3.63, 3.8) is 0 Å². The predicted octanol–water partition coefficient (Wildman–Crippen LogP) is 1.77. The largest absolute Gasteiger partial charge is 0.434 e. The standard InChI is InChI=1S/C12H13F3N6OS2/c13-12(14,15)8-6-23-11(17-8)21-3-1-20(2-4-21)5-9(22)18-10-19-16-7-24-10/h6-7H,1-5H2,(H,18,19,22). The van der Waals surface area contributed by atoms with E-state index in [1.165, 1.54) is 16.8 Å². The predicted molar refractivity (Wildman–Crippen MR) is 84.3 cm³/mol. The average Bonchev–Trinajstić information content (AvgIpc) is 3.18. The Morgan fingerprint density at radius 3 is 2.58 bits per heavy atom. The Hall–Kier alpha value is -1.79. The number of alkyl halides is 3. The number of amides is 1. The van der Waals surface area contributed by atoms with Gasteiger partial charge in [0.25, 0.3) is 0 Å². The molecule has 0 aromatic carbocycles. The molecule has 0 saturated carbocycles. The van der Waals surface area contributed by atoms with Gasteiger partial charge in [0.15, 0.2) is 10.8 Å². The lowest BCUT2D eigenvalue weighted by molar-refractivity contribution is -0.140. The van der Waals surface area contributed by atoms with Crippen LogP contribution in [0.4, 0.5) is 23.4 Å². The first kappa shape index (κ1) is 17.0. The van der Waals surface area contributed by atoms with Gasteiger partial charge in [-0.1, -0.05) is 11.3 Å². The van der Waals surface area contributed by atoms with Crippen LogP contribution in [0.25, 0.3) is 0 Å². The summed E-state index contributed by atoms with van der Waals surface area (Å²) in [7, 11) is 0. The molecule has 0 aliphatic carbocycles. The summed E-state index contributed by atoms with van der Waals surface area (Å²) >= 11 is 2.22. The molecular weight excluding hydrogens is 365 g/mol. The molecule has 3 rings (SSSR count). The monoisotopic (exact) mass is 378 g/mol. The summed E-state index contributed by atoms with van der Waals surface area (Å²) in [6.45, 7) is 2.40. The Morgan fingerprint density at radius 1 is 1.25 bits per heavy atom. The highest BCUT2D eigenvalue weighted by Gasteiger charge is 2.34. The fourth-order valence-electron chi connectivity index (χ4n) is 2.23. The minimum Gasteiger partial charge on any atom is -0.346 e. The second-order valence-corrected chi connectivity index (χ2v) is 6.74. The summed E-state index contributed by atoms with van der Waals surface area (Å²) in [5.74, 6) is -0.186. The molecule has 1 fully saturated rings. The van der Waals surface area contributed by atoms with Crippen molar-refractivity contribution in [1.82, 2.24) is 20.1 Å². The lowest BCUT2D eigenvalue weighted by atomic mass is 10.3. The summed E-state index contributed by atoms with van der Waals surface area (Å²) in [6, 6.07) is 0. The number of nitrogens with one attached hydrogen (secondary N) is 1. The number of anilines is 2. The van der Waals surface area contributed by atoms with Crippen molar-refractivity contribution in [2.75, 3.05) is 42.9 Å². The number of carbonyl (C=O) groups excluding carboxylic acids is 1. The number of aromatic nitrogens is 3. The average molecular weight is 378 g/mol. The third-order valence-corrected chi connectivity index (χ3v) is 4.91. The van der Waals surface area contributed by atoms with Gasteiger partial charge in [0.1, 0.15) is 5.51 Å². The minimum absolute atomic E-state index is 0.186. The first-order valence-corrected chi connectivity index (χ1v) is 8.74. The number of piperazine rings is 1. The highest BCUT2D eigenvalue weighted by atomic mass is 32.1. The molecule has 0 spiro atoms. The maximum absolute atomic E-state index is 12.6. The van der Waals surface area contributed by atoms with Crippen LogP contribution in [-0.4, -0.2) is 58.7 Å². The number of hydrogen-bond donors (Lipinski definition) is 1. The van der Waals surface area contributed by atoms with Gasteiger partial charge in [0.05, 0.1) is 6.54 Å². The molecule has 1 N–H and O–H groups in total. The van der Waals surface area contributed by atoms with Gasteiger partial charge in [-0.05, 0) is 0 Å². The normalized spacial score (nSPS) is 16.4. The van der Waals surface area contributed by atoms with Gasteiger partial charge >= 0.3 is 6.18 Å². The molecule has 2 aromatic heterocycles. The lowest BCUT2D eigenvalue weighted by Crippen LogP contribution is -2.48. The van der Waals surface area contributed by atoms with E-state index >= 15 is 0 Å². The van der Waals surface area contributed by atoms with Gasteiger partial charge in [-0.25, -0.2) is 4.98 Å². The van der Waals surface area contributed by atoms with Crippen LogP contribution in [0.5, 0.6) is 0 Å². The van der Waals surface area contributed by atoms with Crippen LogP contribution in [-0.2, 0) is 11.0 Å². The van der Waals surface area contributed by atoms with Gasteiger partial charge in [0, 0.05) is 31.6 Å². The van der Waals surface area contributed by atoms with E-state index in [2.05, 4.69) is 20.5 Å². The van der Waals surface area contributed by atoms with Crippen molar-refractivity contribution in [1.29, 1.82) is 0 Å². The van der Waals surface area contributed by atoms with Crippen LogP contribution in [0.3, 0.4) is 0 Å². The van der Waals surface area contributed by atoms with Crippen LogP contribution in [0.2, 0.25) is 0 Å². The molecule has 3 heterocycles. The molecule has 130 valence electrons. The van der Waals surface area contributed by atoms with Gasteiger partial charge in [-0.3, -0.25) is 15.0 Å². The molecule has 1 aliphatic heterocycles. The molecule has 1 saturated heterocycles. The zero-order valence-corrected chi connectivity index (χ0v) is 13.9. The molecule has 0 radical (unpaired) electrons. The molecular formula is C12H13F3N6OS2. The van der Waals surface area contributed by atoms with Crippen molar-refractivity contribution in [2.24, 2.45) is 0 Å². The summed E-state index contributed by atoms with van der Waals surface area (Å²) < 4.78 is 37.8. The lowest BCUT2D eigenvalue weighted by Gasteiger charge is -2.34.